The fourth-order valence-electron chi connectivity index (χ4n) is 3.69. The van der Waals surface area contributed by atoms with Crippen LogP contribution in [0.2, 0.25) is 0 Å². The van der Waals surface area contributed by atoms with E-state index in [-0.39, 0.29) is 5.56 Å². The van der Waals surface area contributed by atoms with Gasteiger partial charge in [0.15, 0.2) is 5.16 Å². The molecule has 0 bridgehead atoms. The molecule has 2 aromatic carbocycles. The molecule has 3 aromatic heterocycles. The minimum atomic E-state index is -0.0342. The summed E-state index contributed by atoms with van der Waals surface area (Å²) in [5.74, 6) is 0.689. The average Bonchev–Trinajstić information content (AvgIpc) is 3.35. The van der Waals surface area contributed by atoms with Gasteiger partial charge in [0.1, 0.15) is 4.83 Å². The molecule has 0 saturated carbocycles. The molecule has 0 saturated heterocycles. The van der Waals surface area contributed by atoms with Crippen molar-refractivity contribution in [3.05, 3.63) is 93.9 Å². The number of para-hydroxylation sites is 1. The maximum Gasteiger partial charge on any atom is 0.268 e. The highest BCUT2D eigenvalue weighted by Gasteiger charge is 2.21. The van der Waals surface area contributed by atoms with Crippen molar-refractivity contribution in [3.63, 3.8) is 0 Å². The molecule has 31 heavy (non-hydrogen) atoms. The van der Waals surface area contributed by atoms with Gasteiger partial charge in [-0.15, -0.1) is 11.3 Å². The Labute approximate surface area is 188 Å². The first kappa shape index (κ1) is 19.8. The lowest BCUT2D eigenvalue weighted by atomic mass is 10.0. The number of aryl methyl sites for hydroxylation is 2. The van der Waals surface area contributed by atoms with E-state index in [1.165, 1.54) is 0 Å². The van der Waals surface area contributed by atoms with Gasteiger partial charge < -0.3 is 0 Å². The molecule has 0 spiro atoms. The summed E-state index contributed by atoms with van der Waals surface area (Å²) in [6.07, 6.45) is 3.83. The fourth-order valence-corrected chi connectivity index (χ4v) is 5.70. The number of thiophene rings is 1. The molecule has 5 aromatic rings. The van der Waals surface area contributed by atoms with Crippen molar-refractivity contribution >= 4 is 33.3 Å². The van der Waals surface area contributed by atoms with Gasteiger partial charge >= 0.3 is 0 Å². The number of rotatable bonds is 5. The standard InChI is InChI=1S/C24H20N4OS2/c1-16-20(18-9-5-3-6-10-18)21-22(31-16)26-24(30-15-17-13-25-27(2)14-17)28(23(21)29)19-11-7-4-8-12-19/h3-14H,15H2,1-2H3. The van der Waals surface area contributed by atoms with Crippen LogP contribution in [0, 0.1) is 6.92 Å². The van der Waals surface area contributed by atoms with Crippen molar-refractivity contribution in [1.82, 2.24) is 19.3 Å². The number of hydrogen-bond donors (Lipinski definition) is 0. The van der Waals surface area contributed by atoms with Gasteiger partial charge in [-0.2, -0.15) is 5.10 Å². The third-order valence-electron chi connectivity index (χ3n) is 5.07. The molecular formula is C24H20N4OS2. The van der Waals surface area contributed by atoms with Gasteiger partial charge in [0, 0.05) is 35.0 Å². The Morgan fingerprint density at radius 3 is 2.42 bits per heavy atom. The van der Waals surface area contributed by atoms with E-state index in [0.717, 1.165) is 32.1 Å². The second kappa shape index (κ2) is 8.17. The molecule has 0 aliphatic rings. The predicted molar refractivity (Wildman–Crippen MR) is 128 cm³/mol. The Hall–Kier alpha value is -3.16. The Morgan fingerprint density at radius 2 is 1.74 bits per heavy atom. The highest BCUT2D eigenvalue weighted by molar-refractivity contribution is 7.98. The van der Waals surface area contributed by atoms with Crippen LogP contribution in [-0.4, -0.2) is 19.3 Å². The van der Waals surface area contributed by atoms with Gasteiger partial charge in [0.05, 0.1) is 17.3 Å². The largest absolute Gasteiger partial charge is 0.276 e. The Balaban J connectivity index is 1.72. The van der Waals surface area contributed by atoms with E-state index in [0.29, 0.717) is 16.3 Å². The van der Waals surface area contributed by atoms with Crippen LogP contribution in [-0.2, 0) is 12.8 Å². The van der Waals surface area contributed by atoms with Gasteiger partial charge in [-0.1, -0.05) is 60.3 Å². The summed E-state index contributed by atoms with van der Waals surface area (Å²) in [6.45, 7) is 2.06. The van der Waals surface area contributed by atoms with E-state index in [2.05, 4.69) is 12.0 Å². The maximum absolute atomic E-state index is 13.9. The second-order valence-electron chi connectivity index (χ2n) is 7.26. The van der Waals surface area contributed by atoms with E-state index in [1.54, 1.807) is 32.3 Å². The van der Waals surface area contributed by atoms with Crippen LogP contribution in [0.25, 0.3) is 27.0 Å². The Morgan fingerprint density at radius 1 is 1.03 bits per heavy atom. The zero-order chi connectivity index (χ0) is 21.4. The van der Waals surface area contributed by atoms with Crippen molar-refractivity contribution < 1.29 is 0 Å². The lowest BCUT2D eigenvalue weighted by molar-refractivity contribution is 0.767. The fraction of sp³-hybridized carbons (Fsp3) is 0.125. The smallest absolute Gasteiger partial charge is 0.268 e. The van der Waals surface area contributed by atoms with E-state index in [9.17, 15) is 4.79 Å². The predicted octanol–water partition coefficient (Wildman–Crippen LogP) is 5.45. The quantitative estimate of drug-likeness (QED) is 0.267. The summed E-state index contributed by atoms with van der Waals surface area (Å²) in [5, 5.41) is 5.61. The number of fused-ring (bicyclic) bond motifs is 1. The molecule has 0 fully saturated rings. The van der Waals surface area contributed by atoms with E-state index < -0.39 is 0 Å². The molecule has 0 atom stereocenters. The maximum atomic E-state index is 13.9. The monoisotopic (exact) mass is 444 g/mol. The van der Waals surface area contributed by atoms with Crippen LogP contribution in [0.3, 0.4) is 0 Å². The van der Waals surface area contributed by atoms with Crippen LogP contribution >= 0.6 is 23.1 Å². The van der Waals surface area contributed by atoms with E-state index in [4.69, 9.17) is 4.98 Å². The molecule has 0 aliphatic heterocycles. The summed E-state index contributed by atoms with van der Waals surface area (Å²) < 4.78 is 3.52. The molecule has 0 radical (unpaired) electrons. The molecule has 3 heterocycles. The molecular weight excluding hydrogens is 424 g/mol. The van der Waals surface area contributed by atoms with Crippen molar-refractivity contribution in [2.45, 2.75) is 17.8 Å². The van der Waals surface area contributed by atoms with Crippen LogP contribution in [0.5, 0.6) is 0 Å². The lowest BCUT2D eigenvalue weighted by Crippen LogP contribution is -2.21. The summed E-state index contributed by atoms with van der Waals surface area (Å²) in [4.78, 5) is 20.7. The first-order valence-electron chi connectivity index (χ1n) is 9.89. The van der Waals surface area contributed by atoms with Gasteiger partial charge in [-0.05, 0) is 24.6 Å². The molecule has 0 amide bonds. The second-order valence-corrected chi connectivity index (χ2v) is 9.41. The van der Waals surface area contributed by atoms with Crippen LogP contribution in [0.4, 0.5) is 0 Å². The van der Waals surface area contributed by atoms with Gasteiger partial charge in [-0.3, -0.25) is 14.0 Å². The van der Waals surface area contributed by atoms with E-state index in [1.807, 2.05) is 80.1 Å². The molecule has 7 heteroatoms. The molecule has 0 N–H and O–H groups in total. The number of thioether (sulfide) groups is 1. The molecule has 0 aliphatic carbocycles. The first-order valence-corrected chi connectivity index (χ1v) is 11.7. The molecule has 0 unspecified atom stereocenters. The number of hydrogen-bond acceptors (Lipinski definition) is 5. The highest BCUT2D eigenvalue weighted by Crippen LogP contribution is 2.37. The SMILES string of the molecule is Cc1sc2nc(SCc3cnn(C)c3)n(-c3ccccc3)c(=O)c2c1-c1ccccc1. The summed E-state index contributed by atoms with van der Waals surface area (Å²) in [7, 11) is 1.90. The summed E-state index contributed by atoms with van der Waals surface area (Å²) >= 11 is 3.13. The lowest BCUT2D eigenvalue weighted by Gasteiger charge is -2.12. The zero-order valence-corrected chi connectivity index (χ0v) is 18.8. The van der Waals surface area contributed by atoms with Crippen LogP contribution in [0.15, 0.2) is 83.0 Å². The number of aromatic nitrogens is 4. The molecule has 5 nitrogen and oxygen atoms in total. The van der Waals surface area contributed by atoms with Crippen molar-refractivity contribution in [1.29, 1.82) is 0 Å². The van der Waals surface area contributed by atoms with Gasteiger partial charge in [-0.25, -0.2) is 4.98 Å². The van der Waals surface area contributed by atoms with Crippen molar-refractivity contribution in [3.8, 4) is 16.8 Å². The highest BCUT2D eigenvalue weighted by atomic mass is 32.2. The normalized spacial score (nSPS) is 11.3. The number of benzene rings is 2. The molecule has 154 valence electrons. The summed E-state index contributed by atoms with van der Waals surface area (Å²) in [5.41, 5.74) is 3.90. The van der Waals surface area contributed by atoms with Crippen LogP contribution < -0.4 is 5.56 Å². The minimum Gasteiger partial charge on any atom is -0.276 e. The Bertz CT molecular complexity index is 1420. The van der Waals surface area contributed by atoms with E-state index >= 15 is 0 Å². The topological polar surface area (TPSA) is 52.7 Å². The third kappa shape index (κ3) is 3.71. The molecule has 5 rings (SSSR count). The number of nitrogens with zero attached hydrogens (tertiary/aromatic N) is 4. The minimum absolute atomic E-state index is 0.0342. The summed E-state index contributed by atoms with van der Waals surface area (Å²) in [6, 6.07) is 19.8. The van der Waals surface area contributed by atoms with Crippen molar-refractivity contribution in [2.75, 3.05) is 0 Å². The van der Waals surface area contributed by atoms with Crippen molar-refractivity contribution in [2.24, 2.45) is 7.05 Å². The van der Waals surface area contributed by atoms with Gasteiger partial charge in [0.2, 0.25) is 0 Å². The Kier molecular flexibility index (Phi) is 5.21. The first-order chi connectivity index (χ1) is 15.1. The zero-order valence-electron chi connectivity index (χ0n) is 17.1. The third-order valence-corrected chi connectivity index (χ3v) is 7.08. The van der Waals surface area contributed by atoms with Gasteiger partial charge in [0.25, 0.3) is 5.56 Å². The van der Waals surface area contributed by atoms with Crippen LogP contribution in [0.1, 0.15) is 10.4 Å². The average molecular weight is 445 g/mol.